The summed E-state index contributed by atoms with van der Waals surface area (Å²) in [5, 5.41) is 14.3. The summed E-state index contributed by atoms with van der Waals surface area (Å²) >= 11 is 0. The fourth-order valence-corrected chi connectivity index (χ4v) is 4.43. The normalized spacial score (nSPS) is 13.0. The molecule has 182 valence electrons. The van der Waals surface area contributed by atoms with Crippen LogP contribution in [-0.2, 0) is 14.3 Å². The summed E-state index contributed by atoms with van der Waals surface area (Å²) in [6.07, 6.45) is 3.94. The Morgan fingerprint density at radius 3 is 2.18 bits per heavy atom. The minimum atomic E-state index is -0.782. The van der Waals surface area contributed by atoms with Crippen LogP contribution in [0.5, 0.6) is 0 Å². The van der Waals surface area contributed by atoms with Gasteiger partial charge in [0.1, 0.15) is 12.6 Å². The predicted octanol–water partition coefficient (Wildman–Crippen LogP) is 4.85. The van der Waals surface area contributed by atoms with Crippen LogP contribution in [0.2, 0.25) is 0 Å². The average molecular weight is 467 g/mol. The maximum absolute atomic E-state index is 12.6. The molecule has 0 radical (unpaired) electrons. The Morgan fingerprint density at radius 1 is 0.941 bits per heavy atom. The molecule has 7 heteroatoms. The summed E-state index contributed by atoms with van der Waals surface area (Å²) < 4.78 is 5.58. The summed E-state index contributed by atoms with van der Waals surface area (Å²) in [6.45, 7) is 2.66. The van der Waals surface area contributed by atoms with Gasteiger partial charge in [-0.15, -0.1) is 0 Å². The number of alkyl carbamates (subject to hydrolysis) is 1. The van der Waals surface area contributed by atoms with Gasteiger partial charge in [-0.2, -0.15) is 0 Å². The van der Waals surface area contributed by atoms with Crippen LogP contribution in [0.3, 0.4) is 0 Å². The van der Waals surface area contributed by atoms with Crippen molar-refractivity contribution in [1.82, 2.24) is 10.6 Å². The van der Waals surface area contributed by atoms with E-state index in [1.165, 1.54) is 11.1 Å². The molecule has 0 spiro atoms. The Morgan fingerprint density at radius 2 is 1.56 bits per heavy atom. The van der Waals surface area contributed by atoms with Crippen molar-refractivity contribution in [3.8, 4) is 11.1 Å². The molecule has 34 heavy (non-hydrogen) atoms. The molecular formula is C27H34N2O5. The second kappa shape index (κ2) is 12.8. The van der Waals surface area contributed by atoms with E-state index < -0.39 is 18.1 Å². The van der Waals surface area contributed by atoms with Gasteiger partial charge in [0, 0.05) is 18.9 Å². The third kappa shape index (κ3) is 6.83. The molecule has 3 rings (SSSR count). The number of ether oxygens (including phenoxy) is 1. The third-order valence-corrected chi connectivity index (χ3v) is 6.15. The van der Waals surface area contributed by atoms with E-state index in [0.717, 1.165) is 36.8 Å². The molecule has 2 amide bonds. The number of hydrogen-bond acceptors (Lipinski definition) is 4. The molecule has 1 aliphatic carbocycles. The molecule has 2 aromatic rings. The fourth-order valence-electron chi connectivity index (χ4n) is 4.43. The number of carbonyl (C=O) groups excluding carboxylic acids is 2. The van der Waals surface area contributed by atoms with Gasteiger partial charge in [0.15, 0.2) is 0 Å². The quantitative estimate of drug-likeness (QED) is 0.366. The third-order valence-electron chi connectivity index (χ3n) is 6.15. The van der Waals surface area contributed by atoms with Crippen molar-refractivity contribution in [2.24, 2.45) is 0 Å². The number of rotatable bonds is 13. The van der Waals surface area contributed by atoms with Gasteiger partial charge >= 0.3 is 12.1 Å². The van der Waals surface area contributed by atoms with E-state index in [-0.39, 0.29) is 24.9 Å². The molecule has 7 nitrogen and oxygen atoms in total. The number of aliphatic carboxylic acids is 1. The van der Waals surface area contributed by atoms with Crippen molar-refractivity contribution in [3.05, 3.63) is 59.7 Å². The Balaban J connectivity index is 1.47. The highest BCUT2D eigenvalue weighted by Gasteiger charge is 2.29. The molecule has 3 N–H and O–H groups in total. The van der Waals surface area contributed by atoms with E-state index in [1.807, 2.05) is 31.2 Å². The molecule has 1 atom stereocenters. The minimum absolute atomic E-state index is 0.0299. The molecule has 0 fully saturated rings. The zero-order valence-corrected chi connectivity index (χ0v) is 19.7. The first-order chi connectivity index (χ1) is 16.5. The molecule has 1 aliphatic rings. The van der Waals surface area contributed by atoms with Crippen LogP contribution >= 0.6 is 0 Å². The van der Waals surface area contributed by atoms with E-state index in [1.54, 1.807) is 0 Å². The fraction of sp³-hybridized carbons (Fsp3) is 0.444. The smallest absolute Gasteiger partial charge is 0.407 e. The van der Waals surface area contributed by atoms with Crippen molar-refractivity contribution < 1.29 is 24.2 Å². The number of benzene rings is 2. The summed E-state index contributed by atoms with van der Waals surface area (Å²) in [6, 6.07) is 15.7. The van der Waals surface area contributed by atoms with Gasteiger partial charge < -0.3 is 20.5 Å². The molecule has 0 unspecified atom stereocenters. The highest BCUT2D eigenvalue weighted by atomic mass is 16.5. The summed E-state index contributed by atoms with van der Waals surface area (Å²) in [4.78, 5) is 35.7. The van der Waals surface area contributed by atoms with E-state index in [9.17, 15) is 14.4 Å². The van der Waals surface area contributed by atoms with Crippen LogP contribution in [-0.4, -0.2) is 42.3 Å². The van der Waals surface area contributed by atoms with Crippen LogP contribution in [0.15, 0.2) is 48.5 Å². The van der Waals surface area contributed by atoms with Gasteiger partial charge in [-0.1, -0.05) is 74.7 Å². The molecule has 0 saturated heterocycles. The van der Waals surface area contributed by atoms with Gasteiger partial charge in [0.2, 0.25) is 5.91 Å². The van der Waals surface area contributed by atoms with Crippen LogP contribution in [0.25, 0.3) is 11.1 Å². The summed E-state index contributed by atoms with van der Waals surface area (Å²) in [5.74, 6) is -1.03. The molecule has 0 aliphatic heterocycles. The van der Waals surface area contributed by atoms with E-state index in [4.69, 9.17) is 9.84 Å². The Kier molecular flexibility index (Phi) is 9.50. The first-order valence-corrected chi connectivity index (χ1v) is 12.1. The largest absolute Gasteiger partial charge is 0.481 e. The van der Waals surface area contributed by atoms with Crippen molar-refractivity contribution in [2.75, 3.05) is 13.2 Å². The minimum Gasteiger partial charge on any atom is -0.481 e. The highest BCUT2D eigenvalue weighted by Crippen LogP contribution is 2.44. The lowest BCUT2D eigenvalue weighted by Crippen LogP contribution is -2.47. The average Bonchev–Trinajstić information content (AvgIpc) is 3.15. The highest BCUT2D eigenvalue weighted by molar-refractivity contribution is 5.85. The van der Waals surface area contributed by atoms with Gasteiger partial charge in [-0.05, 0) is 41.5 Å². The van der Waals surface area contributed by atoms with Gasteiger partial charge in [-0.3, -0.25) is 9.59 Å². The topological polar surface area (TPSA) is 105 Å². The van der Waals surface area contributed by atoms with Gasteiger partial charge in [-0.25, -0.2) is 4.79 Å². The number of nitrogens with one attached hydrogen (secondary N) is 2. The van der Waals surface area contributed by atoms with Crippen LogP contribution in [0, 0.1) is 0 Å². The molecule has 0 heterocycles. The number of amides is 2. The van der Waals surface area contributed by atoms with Crippen LogP contribution in [0.4, 0.5) is 4.79 Å². The number of unbranched alkanes of at least 4 members (excludes halogenated alkanes) is 3. The lowest BCUT2D eigenvalue weighted by Gasteiger charge is -2.19. The van der Waals surface area contributed by atoms with Gasteiger partial charge in [0.25, 0.3) is 0 Å². The number of carbonyl (C=O) groups is 3. The maximum Gasteiger partial charge on any atom is 0.407 e. The molecule has 2 aromatic carbocycles. The van der Waals surface area contributed by atoms with Crippen molar-refractivity contribution in [1.29, 1.82) is 0 Å². The van der Waals surface area contributed by atoms with E-state index >= 15 is 0 Å². The summed E-state index contributed by atoms with van der Waals surface area (Å²) in [5.41, 5.74) is 4.61. The molecule has 0 bridgehead atoms. The van der Waals surface area contributed by atoms with E-state index in [0.29, 0.717) is 19.4 Å². The molecule has 0 saturated carbocycles. The molecule has 0 aromatic heterocycles. The van der Waals surface area contributed by atoms with Crippen molar-refractivity contribution in [2.45, 2.75) is 63.8 Å². The monoisotopic (exact) mass is 466 g/mol. The second-order valence-electron chi connectivity index (χ2n) is 8.66. The molecular weight excluding hydrogens is 432 g/mol. The second-order valence-corrected chi connectivity index (χ2v) is 8.66. The lowest BCUT2D eigenvalue weighted by molar-refractivity contribution is -0.137. The number of carboxylic acids is 1. The number of carboxylic acid groups (broad SMARTS) is 1. The lowest BCUT2D eigenvalue weighted by atomic mass is 9.98. The van der Waals surface area contributed by atoms with E-state index in [2.05, 4.69) is 34.9 Å². The zero-order valence-electron chi connectivity index (χ0n) is 19.7. The SMILES string of the molecule is CCC[C@H](NC(=O)OCC1c2ccccc2-c2ccccc21)C(=O)NCCCCCCC(=O)O. The predicted molar refractivity (Wildman–Crippen MR) is 131 cm³/mol. The first-order valence-electron chi connectivity index (χ1n) is 12.1. The van der Waals surface area contributed by atoms with Gasteiger partial charge in [0.05, 0.1) is 0 Å². The maximum atomic E-state index is 12.6. The standard InChI is InChI=1S/C27H34N2O5/c1-2-11-24(26(32)28-17-10-4-3-5-16-25(30)31)29-27(33)34-18-23-21-14-8-6-12-19(21)20-13-7-9-15-22(20)23/h6-9,12-15,23-24H,2-5,10-11,16-18H2,1H3,(H,28,32)(H,29,33)(H,30,31)/t24-/m0/s1. The van der Waals surface area contributed by atoms with Crippen LogP contribution in [0.1, 0.15) is 68.9 Å². The van der Waals surface area contributed by atoms with Crippen LogP contribution < -0.4 is 10.6 Å². The Bertz CT molecular complexity index is 945. The zero-order chi connectivity index (χ0) is 24.3. The number of hydrogen-bond donors (Lipinski definition) is 3. The Hall–Kier alpha value is -3.35. The van der Waals surface area contributed by atoms with Crippen molar-refractivity contribution >= 4 is 18.0 Å². The number of fused-ring (bicyclic) bond motifs is 3. The van der Waals surface area contributed by atoms with Crippen molar-refractivity contribution in [3.63, 3.8) is 0 Å². The summed E-state index contributed by atoms with van der Waals surface area (Å²) in [7, 11) is 0. The first kappa shape index (κ1) is 25.3. The Labute approximate surface area is 200 Å².